The van der Waals surface area contributed by atoms with Crippen molar-refractivity contribution in [2.45, 2.75) is 24.0 Å². The predicted molar refractivity (Wildman–Crippen MR) is 79.9 cm³/mol. The molecule has 2 heteroatoms. The molecule has 0 atom stereocenters. The Kier molecular flexibility index (Phi) is 4.85. The van der Waals surface area contributed by atoms with Gasteiger partial charge >= 0.3 is 0 Å². The van der Waals surface area contributed by atoms with Crippen LogP contribution < -0.4 is 5.73 Å². The van der Waals surface area contributed by atoms with Gasteiger partial charge in [-0.2, -0.15) is 0 Å². The van der Waals surface area contributed by atoms with Crippen molar-refractivity contribution in [2.75, 3.05) is 6.54 Å². The number of rotatable bonds is 5. The van der Waals surface area contributed by atoms with Crippen molar-refractivity contribution in [3.05, 3.63) is 65.2 Å². The van der Waals surface area contributed by atoms with E-state index in [1.54, 1.807) is 0 Å². The molecule has 18 heavy (non-hydrogen) atoms. The highest BCUT2D eigenvalue weighted by Gasteiger charge is 2.01. The average Bonchev–Trinajstić information content (AvgIpc) is 2.39. The lowest BCUT2D eigenvalue weighted by atomic mass is 10.1. The van der Waals surface area contributed by atoms with Crippen molar-refractivity contribution in [2.24, 2.45) is 5.73 Å². The van der Waals surface area contributed by atoms with E-state index >= 15 is 0 Å². The number of nitrogens with two attached hydrogens (primary N) is 1. The summed E-state index contributed by atoms with van der Waals surface area (Å²) in [7, 11) is 0. The Bertz CT molecular complexity index is 494. The van der Waals surface area contributed by atoms with Crippen LogP contribution in [0.5, 0.6) is 0 Å². The molecular weight excluding hydrogens is 238 g/mol. The summed E-state index contributed by atoms with van der Waals surface area (Å²) in [5.41, 5.74) is 9.63. The molecule has 0 aromatic heterocycles. The quantitative estimate of drug-likeness (QED) is 0.825. The third kappa shape index (κ3) is 3.62. The van der Waals surface area contributed by atoms with Crippen LogP contribution in [0.15, 0.2) is 53.4 Å². The summed E-state index contributed by atoms with van der Waals surface area (Å²) < 4.78 is 0. The van der Waals surface area contributed by atoms with E-state index < -0.39 is 0 Å². The Morgan fingerprint density at radius 3 is 2.44 bits per heavy atom. The van der Waals surface area contributed by atoms with Gasteiger partial charge in [-0.15, -0.1) is 11.8 Å². The molecule has 0 unspecified atom stereocenters. The highest BCUT2D eigenvalue weighted by molar-refractivity contribution is 7.98. The zero-order valence-corrected chi connectivity index (χ0v) is 11.5. The zero-order chi connectivity index (χ0) is 12.8. The monoisotopic (exact) mass is 257 g/mol. The first-order chi connectivity index (χ1) is 8.79. The highest BCUT2D eigenvalue weighted by Crippen LogP contribution is 2.26. The van der Waals surface area contributed by atoms with Gasteiger partial charge in [-0.25, -0.2) is 0 Å². The fourth-order valence-electron chi connectivity index (χ4n) is 1.93. The molecule has 0 amide bonds. The Morgan fingerprint density at radius 1 is 1.00 bits per heavy atom. The van der Waals surface area contributed by atoms with Crippen LogP contribution in [0, 0.1) is 6.92 Å². The summed E-state index contributed by atoms with van der Waals surface area (Å²) >= 11 is 1.90. The maximum atomic E-state index is 5.58. The van der Waals surface area contributed by atoms with Crippen molar-refractivity contribution in [3.63, 3.8) is 0 Å². The van der Waals surface area contributed by atoms with E-state index in [4.69, 9.17) is 5.73 Å². The molecule has 0 heterocycles. The molecule has 2 aromatic rings. The minimum atomic E-state index is 0.718. The first kappa shape index (κ1) is 13.2. The molecule has 0 spiro atoms. The van der Waals surface area contributed by atoms with Gasteiger partial charge in [0.15, 0.2) is 0 Å². The smallest absolute Gasteiger partial charge is 0.0232 e. The van der Waals surface area contributed by atoms with Gasteiger partial charge in [0.1, 0.15) is 0 Å². The van der Waals surface area contributed by atoms with Gasteiger partial charge in [-0.1, -0.05) is 42.5 Å². The summed E-state index contributed by atoms with van der Waals surface area (Å²) in [6.45, 7) is 2.89. The van der Waals surface area contributed by atoms with Crippen LogP contribution in [0.4, 0.5) is 0 Å². The Balaban J connectivity index is 2.01. The molecule has 2 N–H and O–H groups in total. The zero-order valence-electron chi connectivity index (χ0n) is 10.7. The molecule has 1 nitrogen and oxygen atoms in total. The van der Waals surface area contributed by atoms with Gasteiger partial charge in [0.05, 0.1) is 0 Å². The molecule has 0 radical (unpaired) electrons. The Morgan fingerprint density at radius 2 is 1.78 bits per heavy atom. The summed E-state index contributed by atoms with van der Waals surface area (Å²) in [5, 5.41) is 0. The fourth-order valence-corrected chi connectivity index (χ4v) is 2.90. The molecule has 0 aliphatic rings. The topological polar surface area (TPSA) is 26.0 Å². The predicted octanol–water partition coefficient (Wildman–Crippen LogP) is 3.79. The van der Waals surface area contributed by atoms with Gasteiger partial charge in [-0.3, -0.25) is 0 Å². The van der Waals surface area contributed by atoms with E-state index in [0.717, 1.165) is 18.7 Å². The maximum Gasteiger partial charge on any atom is 0.0232 e. The van der Waals surface area contributed by atoms with Crippen molar-refractivity contribution in [1.82, 2.24) is 0 Å². The molecule has 0 aliphatic heterocycles. The van der Waals surface area contributed by atoms with E-state index in [2.05, 4.69) is 55.5 Å². The summed E-state index contributed by atoms with van der Waals surface area (Å²) in [4.78, 5) is 1.36. The number of hydrogen-bond acceptors (Lipinski definition) is 2. The van der Waals surface area contributed by atoms with Gasteiger partial charge in [-0.05, 0) is 42.6 Å². The van der Waals surface area contributed by atoms with Gasteiger partial charge in [0, 0.05) is 10.6 Å². The third-order valence-electron chi connectivity index (χ3n) is 2.91. The lowest BCUT2D eigenvalue weighted by Crippen LogP contribution is -2.02. The van der Waals surface area contributed by atoms with Crippen LogP contribution in [0.1, 0.15) is 16.7 Å². The van der Waals surface area contributed by atoms with Crippen LogP contribution >= 0.6 is 11.8 Å². The van der Waals surface area contributed by atoms with Crippen molar-refractivity contribution < 1.29 is 0 Å². The van der Waals surface area contributed by atoms with Crippen molar-refractivity contribution in [3.8, 4) is 0 Å². The Labute approximate surface area is 113 Å². The number of benzene rings is 2. The Hall–Kier alpha value is -1.25. The molecule has 94 valence electrons. The standard InChI is InChI=1S/C16H19NS/c1-13-11-14(9-10-17)7-8-16(13)18-12-15-5-3-2-4-6-15/h2-8,11H,9-10,12,17H2,1H3. The van der Waals surface area contributed by atoms with Crippen LogP contribution in [0.2, 0.25) is 0 Å². The molecular formula is C16H19NS. The molecule has 0 fully saturated rings. The van der Waals surface area contributed by atoms with Crippen LogP contribution in [-0.2, 0) is 12.2 Å². The largest absolute Gasteiger partial charge is 0.330 e. The van der Waals surface area contributed by atoms with E-state index in [0.29, 0.717) is 0 Å². The number of aryl methyl sites for hydroxylation is 1. The van der Waals surface area contributed by atoms with Crippen molar-refractivity contribution >= 4 is 11.8 Å². The normalized spacial score (nSPS) is 10.6. The minimum Gasteiger partial charge on any atom is -0.330 e. The average molecular weight is 257 g/mol. The van der Waals surface area contributed by atoms with Crippen molar-refractivity contribution in [1.29, 1.82) is 0 Å². The van der Waals surface area contributed by atoms with Crippen LogP contribution in [0.25, 0.3) is 0 Å². The van der Waals surface area contributed by atoms with Crippen LogP contribution in [0.3, 0.4) is 0 Å². The second-order valence-corrected chi connectivity index (χ2v) is 5.43. The van der Waals surface area contributed by atoms with Crippen LogP contribution in [-0.4, -0.2) is 6.54 Å². The van der Waals surface area contributed by atoms with Gasteiger partial charge in [0.2, 0.25) is 0 Å². The fraction of sp³-hybridized carbons (Fsp3) is 0.250. The van der Waals surface area contributed by atoms with Gasteiger partial charge in [0.25, 0.3) is 0 Å². The molecule has 0 saturated heterocycles. The summed E-state index contributed by atoms with van der Waals surface area (Å²) in [5.74, 6) is 1.03. The van der Waals surface area contributed by atoms with E-state index in [-0.39, 0.29) is 0 Å². The molecule has 2 aromatic carbocycles. The highest BCUT2D eigenvalue weighted by atomic mass is 32.2. The second-order valence-electron chi connectivity index (χ2n) is 4.41. The van der Waals surface area contributed by atoms with Gasteiger partial charge < -0.3 is 5.73 Å². The van der Waals surface area contributed by atoms with E-state index in [9.17, 15) is 0 Å². The molecule has 0 bridgehead atoms. The minimum absolute atomic E-state index is 0.718. The van der Waals surface area contributed by atoms with E-state index in [1.165, 1.54) is 21.6 Å². The summed E-state index contributed by atoms with van der Waals surface area (Å²) in [6, 6.07) is 17.2. The molecule has 0 aliphatic carbocycles. The number of hydrogen-bond donors (Lipinski definition) is 1. The third-order valence-corrected chi connectivity index (χ3v) is 4.16. The lowest BCUT2D eigenvalue weighted by Gasteiger charge is -2.08. The maximum absolute atomic E-state index is 5.58. The molecule has 2 rings (SSSR count). The van der Waals surface area contributed by atoms with E-state index in [1.807, 2.05) is 11.8 Å². The summed E-state index contributed by atoms with van der Waals surface area (Å²) in [6.07, 6.45) is 0.963. The second kappa shape index (κ2) is 6.62. The SMILES string of the molecule is Cc1cc(CCN)ccc1SCc1ccccc1. The first-order valence-electron chi connectivity index (χ1n) is 6.26. The first-order valence-corrected chi connectivity index (χ1v) is 7.24. The number of thioether (sulfide) groups is 1. The molecule has 0 saturated carbocycles. The lowest BCUT2D eigenvalue weighted by molar-refractivity contribution is 0.963.